The fourth-order valence-electron chi connectivity index (χ4n) is 2.01. The molecule has 0 aliphatic heterocycles. The van der Waals surface area contributed by atoms with Gasteiger partial charge in [-0.05, 0) is 69.6 Å². The number of thioether (sulfide) groups is 1. The minimum atomic E-state index is 0.0601. The Balaban J connectivity index is 2.22. The van der Waals surface area contributed by atoms with Crippen LogP contribution in [0.5, 0.6) is 0 Å². The number of nitrogens with two attached hydrogens (primary N) is 1. The number of anilines is 2. The molecule has 0 fully saturated rings. The van der Waals surface area contributed by atoms with Crippen LogP contribution >= 0.6 is 11.8 Å². The zero-order valence-corrected chi connectivity index (χ0v) is 14.1. The molecular formula is C16H27N3OS. The number of carbonyl (C=O) groups excluding carboxylic acids is 1. The monoisotopic (exact) mass is 309 g/mol. The van der Waals surface area contributed by atoms with Crippen LogP contribution in [0.15, 0.2) is 24.3 Å². The lowest BCUT2D eigenvalue weighted by molar-refractivity contribution is -0.116. The largest absolute Gasteiger partial charge is 0.399 e. The van der Waals surface area contributed by atoms with Gasteiger partial charge in [0.2, 0.25) is 5.91 Å². The summed E-state index contributed by atoms with van der Waals surface area (Å²) in [6.45, 7) is 3.19. The lowest BCUT2D eigenvalue weighted by atomic mass is 10.2. The van der Waals surface area contributed by atoms with Crippen LogP contribution in [0.1, 0.15) is 26.2 Å². The fraction of sp³-hybridized carbons (Fsp3) is 0.562. The third kappa shape index (κ3) is 7.39. The number of hydrogen-bond donors (Lipinski definition) is 2. The van der Waals surface area contributed by atoms with Crippen LogP contribution in [0.4, 0.5) is 11.4 Å². The second-order valence-corrected chi connectivity index (χ2v) is 6.37. The van der Waals surface area contributed by atoms with Crippen LogP contribution in [0, 0.1) is 0 Å². The highest BCUT2D eigenvalue weighted by molar-refractivity contribution is 7.98. The summed E-state index contributed by atoms with van der Waals surface area (Å²) < 4.78 is 0. The number of amides is 1. The molecule has 4 nitrogen and oxygen atoms in total. The predicted octanol–water partition coefficient (Wildman–Crippen LogP) is 3.06. The first-order chi connectivity index (χ1) is 10.0. The molecule has 0 aliphatic rings. The summed E-state index contributed by atoms with van der Waals surface area (Å²) in [7, 11) is 2.13. The van der Waals surface area contributed by atoms with Gasteiger partial charge < -0.3 is 16.0 Å². The van der Waals surface area contributed by atoms with E-state index in [4.69, 9.17) is 5.73 Å². The van der Waals surface area contributed by atoms with Crippen molar-refractivity contribution in [1.29, 1.82) is 0 Å². The van der Waals surface area contributed by atoms with Crippen molar-refractivity contribution in [3.8, 4) is 0 Å². The molecular weight excluding hydrogens is 282 g/mol. The van der Waals surface area contributed by atoms with Gasteiger partial charge in [0.05, 0.1) is 0 Å². The molecule has 1 rings (SSSR count). The van der Waals surface area contributed by atoms with Crippen molar-refractivity contribution in [1.82, 2.24) is 4.90 Å². The maximum Gasteiger partial charge on any atom is 0.224 e. The molecule has 0 spiro atoms. The third-order valence-corrected chi connectivity index (χ3v) is 4.25. The lowest BCUT2D eigenvalue weighted by Crippen LogP contribution is -2.31. The van der Waals surface area contributed by atoms with Crippen LogP contribution in [0.25, 0.3) is 0 Å². The maximum atomic E-state index is 11.9. The highest BCUT2D eigenvalue weighted by Gasteiger charge is 2.09. The fourth-order valence-corrected chi connectivity index (χ4v) is 2.58. The Hall–Kier alpha value is -1.20. The van der Waals surface area contributed by atoms with E-state index in [2.05, 4.69) is 30.4 Å². The quantitative estimate of drug-likeness (QED) is 0.688. The second-order valence-electron chi connectivity index (χ2n) is 5.38. The Morgan fingerprint density at radius 3 is 2.67 bits per heavy atom. The third-order valence-electron chi connectivity index (χ3n) is 3.60. The van der Waals surface area contributed by atoms with E-state index in [-0.39, 0.29) is 5.91 Å². The molecule has 0 aliphatic carbocycles. The van der Waals surface area contributed by atoms with Gasteiger partial charge in [-0.2, -0.15) is 11.8 Å². The van der Waals surface area contributed by atoms with Crippen LogP contribution in [0.3, 0.4) is 0 Å². The summed E-state index contributed by atoms with van der Waals surface area (Å²) in [4.78, 5) is 14.2. The smallest absolute Gasteiger partial charge is 0.224 e. The molecule has 0 aromatic heterocycles. The number of hydrogen-bond acceptors (Lipinski definition) is 4. The topological polar surface area (TPSA) is 58.4 Å². The van der Waals surface area contributed by atoms with Crippen molar-refractivity contribution in [2.75, 3.05) is 36.7 Å². The first-order valence-electron chi connectivity index (χ1n) is 7.37. The molecule has 0 saturated carbocycles. The molecule has 1 amide bonds. The van der Waals surface area contributed by atoms with Crippen molar-refractivity contribution in [3.63, 3.8) is 0 Å². The number of nitrogens with one attached hydrogen (secondary N) is 1. The van der Waals surface area contributed by atoms with E-state index in [0.717, 1.165) is 18.7 Å². The Bertz CT molecular complexity index is 422. The van der Waals surface area contributed by atoms with E-state index in [1.807, 2.05) is 23.9 Å². The van der Waals surface area contributed by atoms with Gasteiger partial charge >= 0.3 is 0 Å². The van der Waals surface area contributed by atoms with Gasteiger partial charge in [-0.1, -0.05) is 0 Å². The average molecular weight is 309 g/mol. The molecule has 3 N–H and O–H groups in total. The first-order valence-corrected chi connectivity index (χ1v) is 8.77. The normalized spacial score (nSPS) is 12.4. The summed E-state index contributed by atoms with van der Waals surface area (Å²) in [5.74, 6) is 1.24. The van der Waals surface area contributed by atoms with Crippen LogP contribution < -0.4 is 11.1 Å². The molecule has 0 saturated heterocycles. The van der Waals surface area contributed by atoms with Crippen LogP contribution in [-0.4, -0.2) is 42.4 Å². The molecule has 5 heteroatoms. The van der Waals surface area contributed by atoms with E-state index in [0.29, 0.717) is 18.2 Å². The number of rotatable bonds is 9. The minimum Gasteiger partial charge on any atom is -0.399 e. The van der Waals surface area contributed by atoms with Gasteiger partial charge in [0.15, 0.2) is 0 Å². The Morgan fingerprint density at radius 2 is 2.05 bits per heavy atom. The number of benzene rings is 1. The number of nitrogen functional groups attached to an aromatic ring is 1. The SMILES string of the molecule is CSCCC(C)N(C)CCCC(=O)Nc1ccc(N)cc1. The second kappa shape index (κ2) is 9.68. The van der Waals surface area contributed by atoms with Gasteiger partial charge in [-0.25, -0.2) is 0 Å². The summed E-state index contributed by atoms with van der Waals surface area (Å²) >= 11 is 1.88. The Morgan fingerprint density at radius 1 is 1.38 bits per heavy atom. The van der Waals surface area contributed by atoms with E-state index >= 15 is 0 Å². The molecule has 21 heavy (non-hydrogen) atoms. The van der Waals surface area contributed by atoms with Crippen LogP contribution in [-0.2, 0) is 4.79 Å². The zero-order valence-electron chi connectivity index (χ0n) is 13.3. The Kier molecular flexibility index (Phi) is 8.23. The molecule has 0 heterocycles. The molecule has 1 atom stereocenters. The summed E-state index contributed by atoms with van der Waals surface area (Å²) in [6, 6.07) is 7.79. The summed E-state index contributed by atoms with van der Waals surface area (Å²) in [5, 5.41) is 2.89. The highest BCUT2D eigenvalue weighted by atomic mass is 32.2. The van der Waals surface area contributed by atoms with Crippen LogP contribution in [0.2, 0.25) is 0 Å². The van der Waals surface area contributed by atoms with Crippen molar-refractivity contribution >= 4 is 29.0 Å². The molecule has 118 valence electrons. The standard InChI is InChI=1S/C16H27N3OS/c1-13(10-12-21-3)19(2)11-4-5-16(20)18-15-8-6-14(17)7-9-15/h6-9,13H,4-5,10-12,17H2,1-3H3,(H,18,20). The van der Waals surface area contributed by atoms with Gasteiger partial charge in [0.25, 0.3) is 0 Å². The maximum absolute atomic E-state index is 11.9. The minimum absolute atomic E-state index is 0.0601. The summed E-state index contributed by atoms with van der Waals surface area (Å²) in [5.41, 5.74) is 7.12. The zero-order chi connectivity index (χ0) is 15.7. The molecule has 1 unspecified atom stereocenters. The lowest BCUT2D eigenvalue weighted by Gasteiger charge is -2.24. The number of nitrogens with zero attached hydrogens (tertiary/aromatic N) is 1. The highest BCUT2D eigenvalue weighted by Crippen LogP contribution is 2.11. The summed E-state index contributed by atoms with van der Waals surface area (Å²) in [6.07, 6.45) is 4.74. The van der Waals surface area contributed by atoms with Crippen molar-refractivity contribution in [2.24, 2.45) is 0 Å². The Labute approximate surface area is 132 Å². The van der Waals surface area contributed by atoms with Gasteiger partial charge in [-0.15, -0.1) is 0 Å². The molecule has 1 aromatic rings. The van der Waals surface area contributed by atoms with E-state index < -0.39 is 0 Å². The number of carbonyl (C=O) groups is 1. The predicted molar refractivity (Wildman–Crippen MR) is 93.8 cm³/mol. The average Bonchev–Trinajstić information content (AvgIpc) is 2.47. The van der Waals surface area contributed by atoms with Crippen molar-refractivity contribution < 1.29 is 4.79 Å². The van der Waals surface area contributed by atoms with E-state index in [1.54, 1.807) is 12.1 Å². The van der Waals surface area contributed by atoms with Gasteiger partial charge in [0.1, 0.15) is 0 Å². The molecule has 1 aromatic carbocycles. The van der Waals surface area contributed by atoms with Gasteiger partial charge in [-0.3, -0.25) is 4.79 Å². The van der Waals surface area contributed by atoms with Crippen molar-refractivity contribution in [3.05, 3.63) is 24.3 Å². The first kappa shape index (κ1) is 17.9. The molecule has 0 bridgehead atoms. The molecule has 0 radical (unpaired) electrons. The van der Waals surface area contributed by atoms with E-state index in [9.17, 15) is 4.79 Å². The van der Waals surface area contributed by atoms with Gasteiger partial charge in [0, 0.05) is 23.8 Å². The van der Waals surface area contributed by atoms with Crippen molar-refractivity contribution in [2.45, 2.75) is 32.2 Å². The van der Waals surface area contributed by atoms with E-state index in [1.165, 1.54) is 12.2 Å².